The molecule has 0 bridgehead atoms. The van der Waals surface area contributed by atoms with E-state index in [1.165, 1.54) is 12.7 Å². The number of Topliss-reactive ketones (excluding diaryl/α,β-unsaturated/α-hetero) is 1. The minimum Gasteiger partial charge on any atom is -0.466 e. The molecule has 1 N–H and O–H groups in total. The van der Waals surface area contributed by atoms with Crippen molar-refractivity contribution < 1.29 is 32.3 Å². The highest BCUT2D eigenvalue weighted by atomic mass is 19.4. The number of esters is 1. The number of carbonyl (C=O) groups excluding carboxylic acids is 3. The molecule has 4 aliphatic carbocycles. The summed E-state index contributed by atoms with van der Waals surface area (Å²) >= 11 is 0. The Balaban J connectivity index is 1.35. The second-order valence-corrected chi connectivity index (χ2v) is 12.6. The predicted molar refractivity (Wildman–Crippen MR) is 144 cm³/mol. The van der Waals surface area contributed by atoms with Crippen molar-refractivity contribution >= 4 is 17.7 Å². The van der Waals surface area contributed by atoms with Crippen LogP contribution in [-0.4, -0.2) is 37.0 Å². The molecule has 0 aliphatic heterocycles. The molecule has 0 saturated heterocycles. The van der Waals surface area contributed by atoms with Crippen LogP contribution in [0.1, 0.15) is 64.4 Å². The summed E-state index contributed by atoms with van der Waals surface area (Å²) in [5, 5.41) is 2.55. The summed E-state index contributed by atoms with van der Waals surface area (Å²) in [5.74, 6) is -2.01. The van der Waals surface area contributed by atoms with Gasteiger partial charge in [0.2, 0.25) is 5.91 Å². The number of amides is 1. The SMILES string of the molecule is COC(=O)C1=CC2=CC[C@H]3[C@@H]4CC[C@H](C(=O)NC(Cc5ccccc5)C(=O)C(F)(F)F)[C@@]4(C)CC[C@@H]3[C@@]2(C)CC1. The van der Waals surface area contributed by atoms with E-state index in [1.54, 1.807) is 30.3 Å². The number of ether oxygens (including phenoxy) is 1. The third-order valence-electron chi connectivity index (χ3n) is 10.7. The fourth-order valence-electron chi connectivity index (χ4n) is 8.58. The van der Waals surface area contributed by atoms with Gasteiger partial charge >= 0.3 is 12.1 Å². The van der Waals surface area contributed by atoms with E-state index < -0.39 is 29.8 Å². The van der Waals surface area contributed by atoms with E-state index in [9.17, 15) is 27.6 Å². The highest BCUT2D eigenvalue weighted by molar-refractivity contribution is 5.93. The van der Waals surface area contributed by atoms with Gasteiger partial charge in [0.05, 0.1) is 7.11 Å². The van der Waals surface area contributed by atoms with Gasteiger partial charge in [-0.25, -0.2) is 4.79 Å². The summed E-state index contributed by atoms with van der Waals surface area (Å²) in [6.07, 6.45) is 4.61. The minimum atomic E-state index is -5.03. The third kappa shape index (κ3) is 4.92. The van der Waals surface area contributed by atoms with E-state index in [0.29, 0.717) is 35.8 Å². The number of nitrogens with one attached hydrogen (secondary N) is 1. The Bertz CT molecular complexity index is 1240. The Labute approximate surface area is 233 Å². The van der Waals surface area contributed by atoms with Gasteiger partial charge in [-0.3, -0.25) is 9.59 Å². The second-order valence-electron chi connectivity index (χ2n) is 12.6. The van der Waals surface area contributed by atoms with Crippen molar-refractivity contribution in [3.05, 3.63) is 59.2 Å². The van der Waals surface area contributed by atoms with E-state index in [2.05, 4.69) is 25.2 Å². The monoisotopic (exact) mass is 557 g/mol. The first kappa shape index (κ1) is 28.6. The summed E-state index contributed by atoms with van der Waals surface area (Å²) in [6, 6.07) is 6.84. The average Bonchev–Trinajstić information content (AvgIpc) is 3.28. The molecule has 1 amide bonds. The van der Waals surface area contributed by atoms with Gasteiger partial charge in [-0.05, 0) is 90.7 Å². The van der Waals surface area contributed by atoms with E-state index in [4.69, 9.17) is 4.74 Å². The van der Waals surface area contributed by atoms with Gasteiger partial charge < -0.3 is 10.1 Å². The lowest BCUT2D eigenvalue weighted by atomic mass is 9.48. The second kappa shape index (κ2) is 10.5. The molecule has 0 spiro atoms. The highest BCUT2D eigenvalue weighted by Crippen LogP contribution is 2.66. The number of ketones is 1. The van der Waals surface area contributed by atoms with Crippen LogP contribution in [0.25, 0.3) is 0 Å². The molecule has 216 valence electrons. The lowest BCUT2D eigenvalue weighted by molar-refractivity contribution is -0.174. The average molecular weight is 558 g/mol. The van der Waals surface area contributed by atoms with Crippen molar-refractivity contribution in [2.75, 3.05) is 7.11 Å². The van der Waals surface area contributed by atoms with Crippen LogP contribution in [0.2, 0.25) is 0 Å². The number of fused-ring (bicyclic) bond motifs is 5. The van der Waals surface area contributed by atoms with Crippen molar-refractivity contribution in [1.29, 1.82) is 0 Å². The van der Waals surface area contributed by atoms with Gasteiger partial charge in [0.15, 0.2) is 0 Å². The summed E-state index contributed by atoms with van der Waals surface area (Å²) in [7, 11) is 1.40. The molecule has 0 aromatic heterocycles. The Morgan fingerprint density at radius 3 is 2.45 bits per heavy atom. The molecule has 1 aromatic rings. The molecule has 5 rings (SSSR count). The van der Waals surface area contributed by atoms with Gasteiger partial charge in [-0.2, -0.15) is 13.2 Å². The Morgan fingerprint density at radius 1 is 1.05 bits per heavy atom. The molecule has 5 nitrogen and oxygen atoms in total. The number of allylic oxidation sites excluding steroid dienone is 3. The molecule has 40 heavy (non-hydrogen) atoms. The number of carbonyl (C=O) groups is 3. The maximum atomic E-state index is 13.6. The molecular formula is C32H38F3NO4. The lowest BCUT2D eigenvalue weighted by Gasteiger charge is -2.57. The lowest BCUT2D eigenvalue weighted by Crippen LogP contribution is -2.54. The van der Waals surface area contributed by atoms with Gasteiger partial charge in [0.25, 0.3) is 5.78 Å². The number of hydrogen-bond donors (Lipinski definition) is 1. The molecule has 8 heteroatoms. The van der Waals surface area contributed by atoms with Crippen LogP contribution in [0, 0.1) is 34.5 Å². The quantitative estimate of drug-likeness (QED) is 0.427. The van der Waals surface area contributed by atoms with Gasteiger partial charge in [-0.1, -0.05) is 50.3 Å². The molecule has 1 aromatic carbocycles. The number of halogens is 3. The number of alkyl halides is 3. The maximum Gasteiger partial charge on any atom is 0.452 e. The van der Waals surface area contributed by atoms with Crippen LogP contribution in [0.4, 0.5) is 13.2 Å². The van der Waals surface area contributed by atoms with Crippen LogP contribution in [0.15, 0.2) is 53.6 Å². The van der Waals surface area contributed by atoms with E-state index in [0.717, 1.165) is 32.1 Å². The van der Waals surface area contributed by atoms with E-state index in [-0.39, 0.29) is 29.1 Å². The number of hydrogen-bond acceptors (Lipinski definition) is 4. The van der Waals surface area contributed by atoms with Gasteiger partial charge in [0.1, 0.15) is 6.04 Å². The first-order chi connectivity index (χ1) is 18.9. The van der Waals surface area contributed by atoms with E-state index >= 15 is 0 Å². The number of methoxy groups -OCH3 is 1. The third-order valence-corrected chi connectivity index (χ3v) is 10.7. The fourth-order valence-corrected chi connectivity index (χ4v) is 8.58. The number of benzene rings is 1. The number of rotatable bonds is 6. The molecule has 2 saturated carbocycles. The zero-order valence-corrected chi connectivity index (χ0v) is 23.4. The molecular weight excluding hydrogens is 519 g/mol. The standard InChI is InChI=1S/C32H38F3NO4/c1-30-15-13-20(29(39)40-3)18-21(30)9-10-22-23-11-12-25(31(23,2)16-14-24(22)30)28(38)36-26(27(37)32(33,34)35)17-19-7-5-4-6-8-19/h4-9,18,22-26H,10-17H2,1-3H3,(H,36,38)/t22-,23-,24-,25+,26?,30-,31-/m0/s1. The topological polar surface area (TPSA) is 72.5 Å². The van der Waals surface area contributed by atoms with Crippen LogP contribution in [0.5, 0.6) is 0 Å². The molecule has 4 aliphatic rings. The predicted octanol–water partition coefficient (Wildman–Crippen LogP) is 6.13. The van der Waals surface area contributed by atoms with Crippen LogP contribution < -0.4 is 5.32 Å². The van der Waals surface area contributed by atoms with E-state index in [1.807, 2.05) is 6.08 Å². The smallest absolute Gasteiger partial charge is 0.452 e. The van der Waals surface area contributed by atoms with Crippen LogP contribution in [-0.2, 0) is 25.5 Å². The normalized spacial score (nSPS) is 33.9. The Kier molecular flexibility index (Phi) is 7.51. The first-order valence-electron chi connectivity index (χ1n) is 14.3. The summed E-state index contributed by atoms with van der Waals surface area (Å²) in [6.45, 7) is 4.42. The Hall–Kier alpha value is -2.90. The molecule has 2 fully saturated rings. The summed E-state index contributed by atoms with van der Waals surface area (Å²) in [5.41, 5.74) is 2.08. The van der Waals surface area contributed by atoms with Gasteiger partial charge in [-0.15, -0.1) is 0 Å². The minimum absolute atomic E-state index is 0.0536. The fraction of sp³-hybridized carbons (Fsp3) is 0.594. The Morgan fingerprint density at radius 2 is 1.77 bits per heavy atom. The molecule has 1 unspecified atom stereocenters. The summed E-state index contributed by atoms with van der Waals surface area (Å²) < 4.78 is 45.4. The van der Waals surface area contributed by atoms with Crippen LogP contribution in [0.3, 0.4) is 0 Å². The molecule has 0 radical (unpaired) electrons. The molecule has 0 heterocycles. The van der Waals surface area contributed by atoms with Crippen molar-refractivity contribution in [3.63, 3.8) is 0 Å². The maximum absolute atomic E-state index is 13.6. The van der Waals surface area contributed by atoms with Crippen molar-refractivity contribution in [2.24, 2.45) is 34.5 Å². The zero-order valence-electron chi connectivity index (χ0n) is 23.4. The van der Waals surface area contributed by atoms with Gasteiger partial charge in [0, 0.05) is 17.9 Å². The highest BCUT2D eigenvalue weighted by Gasteiger charge is 2.60. The van der Waals surface area contributed by atoms with Crippen LogP contribution >= 0.6 is 0 Å². The van der Waals surface area contributed by atoms with Crippen molar-refractivity contribution in [3.8, 4) is 0 Å². The zero-order chi connectivity index (χ0) is 28.9. The van der Waals surface area contributed by atoms with Crippen molar-refractivity contribution in [2.45, 2.75) is 77.4 Å². The largest absolute Gasteiger partial charge is 0.466 e. The van der Waals surface area contributed by atoms with Crippen molar-refractivity contribution in [1.82, 2.24) is 5.32 Å². The molecule has 7 atom stereocenters. The summed E-state index contributed by atoms with van der Waals surface area (Å²) in [4.78, 5) is 38.1. The first-order valence-corrected chi connectivity index (χ1v) is 14.3.